The molecule has 0 aromatic heterocycles. The number of rotatable bonds is 4. The number of hydrogen-bond acceptors (Lipinski definition) is 2. The summed E-state index contributed by atoms with van der Waals surface area (Å²) in [5, 5.41) is 11.9. The highest BCUT2D eigenvalue weighted by Crippen LogP contribution is 2.12. The number of nitrogens with one attached hydrogen (secondary N) is 1. The third kappa shape index (κ3) is 3.64. The minimum Gasteiger partial charge on any atom is -0.480 e. The van der Waals surface area contributed by atoms with Crippen LogP contribution in [0.2, 0.25) is 0 Å². The lowest BCUT2D eigenvalue weighted by atomic mass is 10.1. The summed E-state index contributed by atoms with van der Waals surface area (Å²) >= 11 is 3.37. The lowest BCUT2D eigenvalue weighted by Crippen LogP contribution is -2.46. The zero-order valence-electron chi connectivity index (χ0n) is 8.75. The van der Waals surface area contributed by atoms with E-state index in [-0.39, 0.29) is 0 Å². The van der Waals surface area contributed by atoms with Gasteiger partial charge in [-0.25, -0.2) is 0 Å². The Labute approximate surface area is 97.6 Å². The average Bonchev–Trinajstić information content (AvgIpc) is 2.15. The molecule has 0 spiro atoms. The van der Waals surface area contributed by atoms with Crippen LogP contribution >= 0.6 is 15.9 Å². The summed E-state index contributed by atoms with van der Waals surface area (Å²) in [5.74, 6) is -0.850. The van der Waals surface area contributed by atoms with Crippen molar-refractivity contribution in [3.63, 3.8) is 0 Å². The summed E-state index contributed by atoms with van der Waals surface area (Å²) < 4.78 is 0.995. The van der Waals surface area contributed by atoms with Crippen molar-refractivity contribution in [3.8, 4) is 0 Å². The van der Waals surface area contributed by atoms with Gasteiger partial charge in [0.15, 0.2) is 0 Å². The van der Waals surface area contributed by atoms with E-state index in [4.69, 9.17) is 5.11 Å². The third-order valence-electron chi connectivity index (χ3n) is 2.16. The largest absolute Gasteiger partial charge is 0.480 e. The molecular formula is C11H14BrNO2. The van der Waals surface area contributed by atoms with E-state index in [0.29, 0.717) is 6.54 Å². The monoisotopic (exact) mass is 271 g/mol. The minimum absolute atomic E-state index is 0.540. The summed E-state index contributed by atoms with van der Waals surface area (Å²) in [7, 11) is 0. The van der Waals surface area contributed by atoms with E-state index in [1.807, 2.05) is 24.3 Å². The maximum atomic E-state index is 10.8. The van der Waals surface area contributed by atoms with Gasteiger partial charge in [0.2, 0.25) is 0 Å². The molecule has 0 heterocycles. The molecule has 0 atom stereocenters. The molecule has 1 aromatic carbocycles. The van der Waals surface area contributed by atoms with E-state index >= 15 is 0 Å². The molecule has 3 nitrogen and oxygen atoms in total. The van der Waals surface area contributed by atoms with Crippen LogP contribution in [0.5, 0.6) is 0 Å². The smallest absolute Gasteiger partial charge is 0.323 e. The maximum absolute atomic E-state index is 10.8. The first kappa shape index (κ1) is 12.2. The van der Waals surface area contributed by atoms with Crippen molar-refractivity contribution >= 4 is 21.9 Å². The van der Waals surface area contributed by atoms with Crippen molar-refractivity contribution in [1.82, 2.24) is 5.32 Å². The van der Waals surface area contributed by atoms with Crippen LogP contribution in [-0.4, -0.2) is 16.6 Å². The number of aliphatic carboxylic acids is 1. The number of benzene rings is 1. The molecule has 0 fully saturated rings. The van der Waals surface area contributed by atoms with E-state index in [2.05, 4.69) is 21.2 Å². The van der Waals surface area contributed by atoms with Crippen LogP contribution in [0.25, 0.3) is 0 Å². The lowest BCUT2D eigenvalue weighted by molar-refractivity contribution is -0.143. The molecule has 82 valence electrons. The number of carbonyl (C=O) groups is 1. The standard InChI is InChI=1S/C11H14BrNO2/c1-11(2,10(14)15)13-7-8-4-3-5-9(12)6-8/h3-6,13H,7H2,1-2H3,(H,14,15). The molecule has 1 aromatic rings. The van der Waals surface area contributed by atoms with Gasteiger partial charge in [0.25, 0.3) is 0 Å². The van der Waals surface area contributed by atoms with Crippen molar-refractivity contribution < 1.29 is 9.90 Å². The van der Waals surface area contributed by atoms with Gasteiger partial charge >= 0.3 is 5.97 Å². The zero-order valence-corrected chi connectivity index (χ0v) is 10.3. The van der Waals surface area contributed by atoms with Gasteiger partial charge in [0.05, 0.1) is 0 Å². The Morgan fingerprint density at radius 1 is 1.53 bits per heavy atom. The fraction of sp³-hybridized carbons (Fsp3) is 0.364. The Balaban J connectivity index is 2.61. The first-order valence-corrected chi connectivity index (χ1v) is 5.44. The van der Waals surface area contributed by atoms with E-state index in [1.165, 1.54) is 0 Å². The van der Waals surface area contributed by atoms with E-state index < -0.39 is 11.5 Å². The van der Waals surface area contributed by atoms with E-state index in [0.717, 1.165) is 10.0 Å². The highest BCUT2D eigenvalue weighted by molar-refractivity contribution is 9.10. The van der Waals surface area contributed by atoms with Crippen LogP contribution in [0.15, 0.2) is 28.7 Å². The Bertz CT molecular complexity index is 363. The van der Waals surface area contributed by atoms with Crippen LogP contribution in [0.4, 0.5) is 0 Å². The molecule has 0 aliphatic carbocycles. The molecule has 2 N–H and O–H groups in total. The second kappa shape index (κ2) is 4.77. The Kier molecular flexibility index (Phi) is 3.88. The summed E-state index contributed by atoms with van der Waals surface area (Å²) in [6, 6.07) is 7.78. The molecule has 4 heteroatoms. The van der Waals surface area contributed by atoms with Gasteiger partial charge in [0.1, 0.15) is 5.54 Å². The molecule has 0 saturated carbocycles. The predicted octanol–water partition coefficient (Wildman–Crippen LogP) is 2.40. The Morgan fingerprint density at radius 3 is 2.73 bits per heavy atom. The molecule has 0 radical (unpaired) electrons. The molecule has 0 unspecified atom stereocenters. The molecule has 0 aliphatic heterocycles. The van der Waals surface area contributed by atoms with Crippen LogP contribution in [-0.2, 0) is 11.3 Å². The van der Waals surface area contributed by atoms with Gasteiger partial charge in [-0.05, 0) is 31.5 Å². The Morgan fingerprint density at radius 2 is 2.20 bits per heavy atom. The van der Waals surface area contributed by atoms with Crippen molar-refractivity contribution in [2.75, 3.05) is 0 Å². The van der Waals surface area contributed by atoms with Crippen LogP contribution < -0.4 is 5.32 Å². The fourth-order valence-electron chi connectivity index (χ4n) is 1.05. The van der Waals surface area contributed by atoms with Crippen molar-refractivity contribution in [1.29, 1.82) is 0 Å². The van der Waals surface area contributed by atoms with Crippen LogP contribution in [0.1, 0.15) is 19.4 Å². The third-order valence-corrected chi connectivity index (χ3v) is 2.65. The first-order valence-electron chi connectivity index (χ1n) is 4.65. The molecule has 0 bridgehead atoms. The highest BCUT2D eigenvalue weighted by Gasteiger charge is 2.25. The molecule has 0 saturated heterocycles. The molecule has 15 heavy (non-hydrogen) atoms. The minimum atomic E-state index is -0.900. The SMILES string of the molecule is CC(C)(NCc1cccc(Br)c1)C(=O)O. The van der Waals surface area contributed by atoms with Crippen molar-refractivity contribution in [2.24, 2.45) is 0 Å². The Hall–Kier alpha value is -0.870. The maximum Gasteiger partial charge on any atom is 0.323 e. The van der Waals surface area contributed by atoms with Gasteiger partial charge in [-0.2, -0.15) is 0 Å². The molecule has 1 rings (SSSR count). The topological polar surface area (TPSA) is 49.3 Å². The van der Waals surface area contributed by atoms with E-state index in [1.54, 1.807) is 13.8 Å². The van der Waals surface area contributed by atoms with Gasteiger partial charge in [0, 0.05) is 11.0 Å². The predicted molar refractivity (Wildman–Crippen MR) is 62.7 cm³/mol. The molecule has 0 aliphatic rings. The fourth-order valence-corrected chi connectivity index (χ4v) is 1.49. The van der Waals surface area contributed by atoms with Gasteiger partial charge in [-0.1, -0.05) is 28.1 Å². The summed E-state index contributed by atoms with van der Waals surface area (Å²) in [5.41, 5.74) is 0.154. The van der Waals surface area contributed by atoms with Crippen molar-refractivity contribution in [3.05, 3.63) is 34.3 Å². The second-order valence-electron chi connectivity index (χ2n) is 3.91. The molecular weight excluding hydrogens is 258 g/mol. The quantitative estimate of drug-likeness (QED) is 0.884. The average molecular weight is 272 g/mol. The van der Waals surface area contributed by atoms with Gasteiger partial charge < -0.3 is 5.11 Å². The van der Waals surface area contributed by atoms with E-state index in [9.17, 15) is 4.79 Å². The number of hydrogen-bond donors (Lipinski definition) is 2. The van der Waals surface area contributed by atoms with Gasteiger partial charge in [-0.15, -0.1) is 0 Å². The summed E-state index contributed by atoms with van der Waals surface area (Å²) in [4.78, 5) is 10.8. The normalized spacial score (nSPS) is 11.4. The van der Waals surface area contributed by atoms with Crippen LogP contribution in [0, 0.1) is 0 Å². The number of carboxylic acids is 1. The summed E-state index contributed by atoms with van der Waals surface area (Å²) in [6.45, 7) is 3.83. The summed E-state index contributed by atoms with van der Waals surface area (Å²) in [6.07, 6.45) is 0. The number of carboxylic acid groups (broad SMARTS) is 1. The number of halogens is 1. The zero-order chi connectivity index (χ0) is 11.5. The lowest BCUT2D eigenvalue weighted by Gasteiger charge is -2.21. The van der Waals surface area contributed by atoms with Gasteiger partial charge in [-0.3, -0.25) is 10.1 Å². The highest BCUT2D eigenvalue weighted by atomic mass is 79.9. The molecule has 0 amide bonds. The first-order chi connectivity index (χ1) is 6.92. The van der Waals surface area contributed by atoms with Crippen LogP contribution in [0.3, 0.4) is 0 Å². The van der Waals surface area contributed by atoms with Crippen molar-refractivity contribution in [2.45, 2.75) is 25.9 Å². The second-order valence-corrected chi connectivity index (χ2v) is 4.83.